The molecule has 0 saturated heterocycles. The van der Waals surface area contributed by atoms with Crippen LogP contribution in [0.3, 0.4) is 0 Å². The predicted molar refractivity (Wildman–Crippen MR) is 81.2 cm³/mol. The van der Waals surface area contributed by atoms with E-state index in [0.29, 0.717) is 11.5 Å². The number of nitrogens with zero attached hydrogens (tertiary/aromatic N) is 2. The van der Waals surface area contributed by atoms with E-state index in [1.54, 1.807) is 12.1 Å². The molecule has 1 aromatic carbocycles. The molecule has 0 atom stereocenters. The molecule has 0 bridgehead atoms. The van der Waals surface area contributed by atoms with E-state index in [9.17, 15) is 14.9 Å². The molecule has 2 aliphatic rings. The van der Waals surface area contributed by atoms with Crippen LogP contribution in [0.2, 0.25) is 0 Å². The maximum absolute atomic E-state index is 11.9. The topological polar surface area (TPSA) is 81.8 Å². The second-order valence-corrected chi connectivity index (χ2v) is 5.56. The molecule has 1 aliphatic carbocycles. The second-order valence-electron chi connectivity index (χ2n) is 5.56. The normalized spacial score (nSPS) is 20.8. The molecule has 1 aliphatic heterocycles. The third-order valence-electron chi connectivity index (χ3n) is 3.98. The van der Waals surface area contributed by atoms with Gasteiger partial charge in [0.05, 0.1) is 4.92 Å². The van der Waals surface area contributed by atoms with Crippen LogP contribution < -0.4 is 0 Å². The standard InChI is InChI=1S/C16H16N2O4/c19-16-14(10-11-5-4-8-13(9-11)18(20)21)17-15(22-16)12-6-2-1-3-7-12/h4-5,8-10,12H,1-3,6-7H2/b14-10+. The number of carbonyl (C=O) groups excluding carboxylic acids is 1. The van der Waals surface area contributed by atoms with Gasteiger partial charge >= 0.3 is 5.97 Å². The number of non-ortho nitro benzene ring substituents is 1. The minimum atomic E-state index is -0.480. The minimum Gasteiger partial charge on any atom is -0.406 e. The van der Waals surface area contributed by atoms with E-state index in [0.717, 1.165) is 25.7 Å². The van der Waals surface area contributed by atoms with Crippen LogP contribution in [0, 0.1) is 16.0 Å². The van der Waals surface area contributed by atoms with E-state index in [1.807, 2.05) is 0 Å². The van der Waals surface area contributed by atoms with Crippen molar-refractivity contribution < 1.29 is 14.5 Å². The Balaban J connectivity index is 1.84. The third kappa shape index (κ3) is 3.05. The molecule has 0 aromatic heterocycles. The number of hydrogen-bond acceptors (Lipinski definition) is 5. The number of aliphatic imine (C=N–C) groups is 1. The van der Waals surface area contributed by atoms with Gasteiger partial charge < -0.3 is 4.74 Å². The zero-order valence-corrected chi connectivity index (χ0v) is 12.0. The van der Waals surface area contributed by atoms with Gasteiger partial charge in [0.2, 0.25) is 5.90 Å². The van der Waals surface area contributed by atoms with Crippen LogP contribution in [0.25, 0.3) is 6.08 Å². The molecule has 0 N–H and O–H groups in total. The summed E-state index contributed by atoms with van der Waals surface area (Å²) in [4.78, 5) is 26.5. The number of nitro groups is 1. The van der Waals surface area contributed by atoms with Gasteiger partial charge in [-0.25, -0.2) is 9.79 Å². The maximum Gasteiger partial charge on any atom is 0.363 e. The fraction of sp³-hybridized carbons (Fsp3) is 0.375. The number of hydrogen-bond donors (Lipinski definition) is 0. The molecular formula is C16H16N2O4. The molecule has 0 radical (unpaired) electrons. The zero-order valence-electron chi connectivity index (χ0n) is 12.0. The van der Waals surface area contributed by atoms with E-state index in [1.165, 1.54) is 24.6 Å². The highest BCUT2D eigenvalue weighted by atomic mass is 16.6. The molecule has 0 amide bonds. The lowest BCUT2D eigenvalue weighted by molar-refractivity contribution is -0.384. The summed E-state index contributed by atoms with van der Waals surface area (Å²) in [6, 6.07) is 6.10. The predicted octanol–water partition coefficient (Wildman–Crippen LogP) is 3.47. The van der Waals surface area contributed by atoms with Crippen LogP contribution in [0.1, 0.15) is 37.7 Å². The van der Waals surface area contributed by atoms with Gasteiger partial charge in [0.25, 0.3) is 5.69 Å². The number of cyclic esters (lactones) is 1. The third-order valence-corrected chi connectivity index (χ3v) is 3.98. The number of rotatable bonds is 3. The van der Waals surface area contributed by atoms with Gasteiger partial charge in [-0.05, 0) is 24.5 Å². The summed E-state index contributed by atoms with van der Waals surface area (Å²) < 4.78 is 5.27. The summed E-state index contributed by atoms with van der Waals surface area (Å²) in [6.07, 6.45) is 7.00. The second kappa shape index (κ2) is 6.09. The molecule has 6 heteroatoms. The van der Waals surface area contributed by atoms with Crippen LogP contribution in [-0.2, 0) is 9.53 Å². The number of ether oxygens (including phenoxy) is 1. The molecule has 114 valence electrons. The molecule has 0 unspecified atom stereocenters. The summed E-state index contributed by atoms with van der Waals surface area (Å²) >= 11 is 0. The van der Waals surface area contributed by atoms with E-state index in [4.69, 9.17) is 4.74 Å². The minimum absolute atomic E-state index is 0.0165. The number of benzene rings is 1. The summed E-state index contributed by atoms with van der Waals surface area (Å²) in [7, 11) is 0. The van der Waals surface area contributed by atoms with E-state index < -0.39 is 10.9 Å². The first-order valence-corrected chi connectivity index (χ1v) is 7.40. The zero-order chi connectivity index (χ0) is 15.5. The van der Waals surface area contributed by atoms with Crippen molar-refractivity contribution in [2.24, 2.45) is 10.9 Å². The molecule has 6 nitrogen and oxygen atoms in total. The first kappa shape index (κ1) is 14.4. The van der Waals surface area contributed by atoms with Crippen LogP contribution in [0.4, 0.5) is 5.69 Å². The van der Waals surface area contributed by atoms with Crippen LogP contribution in [0.15, 0.2) is 35.0 Å². The fourth-order valence-corrected chi connectivity index (χ4v) is 2.84. The van der Waals surface area contributed by atoms with Gasteiger partial charge in [-0.15, -0.1) is 0 Å². The van der Waals surface area contributed by atoms with Crippen molar-refractivity contribution >= 4 is 23.6 Å². The highest BCUT2D eigenvalue weighted by Gasteiger charge is 2.30. The van der Waals surface area contributed by atoms with Crippen molar-refractivity contribution in [3.63, 3.8) is 0 Å². The molecular weight excluding hydrogens is 284 g/mol. The van der Waals surface area contributed by atoms with Crippen LogP contribution in [-0.4, -0.2) is 16.8 Å². The first-order chi connectivity index (χ1) is 10.6. The van der Waals surface area contributed by atoms with Crippen molar-refractivity contribution in [3.8, 4) is 0 Å². The van der Waals surface area contributed by atoms with Gasteiger partial charge in [0.1, 0.15) is 0 Å². The molecule has 1 heterocycles. The Hall–Kier alpha value is -2.50. The molecule has 3 rings (SSSR count). The van der Waals surface area contributed by atoms with Gasteiger partial charge in [0, 0.05) is 18.1 Å². The Morgan fingerprint density at radius 1 is 1.27 bits per heavy atom. The Morgan fingerprint density at radius 2 is 2.05 bits per heavy atom. The van der Waals surface area contributed by atoms with E-state index in [2.05, 4.69) is 4.99 Å². The van der Waals surface area contributed by atoms with E-state index >= 15 is 0 Å². The average molecular weight is 300 g/mol. The summed E-state index contributed by atoms with van der Waals surface area (Å²) in [6.45, 7) is 0. The SMILES string of the molecule is O=C1OC(C2CCCCC2)=N/C1=C/c1cccc([N+](=O)[O-])c1. The summed E-state index contributed by atoms with van der Waals surface area (Å²) in [5.74, 6) is 0.238. The summed E-state index contributed by atoms with van der Waals surface area (Å²) in [5, 5.41) is 10.8. The van der Waals surface area contributed by atoms with Crippen molar-refractivity contribution in [1.82, 2.24) is 0 Å². The Kier molecular flexibility index (Phi) is 4.00. The van der Waals surface area contributed by atoms with Crippen molar-refractivity contribution in [3.05, 3.63) is 45.6 Å². The van der Waals surface area contributed by atoms with Crippen molar-refractivity contribution in [1.29, 1.82) is 0 Å². The highest BCUT2D eigenvalue weighted by molar-refractivity contribution is 6.07. The lowest BCUT2D eigenvalue weighted by Crippen LogP contribution is -2.19. The maximum atomic E-state index is 11.9. The van der Waals surface area contributed by atoms with Gasteiger partial charge in [-0.2, -0.15) is 0 Å². The molecule has 1 saturated carbocycles. The molecule has 22 heavy (non-hydrogen) atoms. The summed E-state index contributed by atoms with van der Waals surface area (Å²) in [5.41, 5.74) is 0.757. The monoisotopic (exact) mass is 300 g/mol. The van der Waals surface area contributed by atoms with Crippen LogP contribution >= 0.6 is 0 Å². The lowest BCUT2D eigenvalue weighted by Gasteiger charge is -2.19. The Bertz CT molecular complexity index is 672. The largest absolute Gasteiger partial charge is 0.406 e. The highest BCUT2D eigenvalue weighted by Crippen LogP contribution is 2.29. The first-order valence-electron chi connectivity index (χ1n) is 7.40. The van der Waals surface area contributed by atoms with Gasteiger partial charge in [-0.3, -0.25) is 10.1 Å². The van der Waals surface area contributed by atoms with Crippen molar-refractivity contribution in [2.75, 3.05) is 0 Å². The molecule has 0 spiro atoms. The number of nitro benzene ring substituents is 1. The van der Waals surface area contributed by atoms with Crippen molar-refractivity contribution in [2.45, 2.75) is 32.1 Å². The molecule has 1 aromatic rings. The Labute approximate surface area is 127 Å². The quantitative estimate of drug-likeness (QED) is 0.370. The molecule has 1 fully saturated rings. The smallest absolute Gasteiger partial charge is 0.363 e. The average Bonchev–Trinajstić information content (AvgIpc) is 2.89. The Morgan fingerprint density at radius 3 is 2.77 bits per heavy atom. The lowest BCUT2D eigenvalue weighted by atomic mass is 9.89. The fourth-order valence-electron chi connectivity index (χ4n) is 2.84. The van der Waals surface area contributed by atoms with E-state index in [-0.39, 0.29) is 17.3 Å². The number of esters is 1. The van der Waals surface area contributed by atoms with Gasteiger partial charge in [-0.1, -0.05) is 31.4 Å². The van der Waals surface area contributed by atoms with Crippen LogP contribution in [0.5, 0.6) is 0 Å². The number of carbonyl (C=O) groups is 1. The van der Waals surface area contributed by atoms with Gasteiger partial charge in [0.15, 0.2) is 5.70 Å².